The minimum absolute atomic E-state index is 0.0855. The van der Waals surface area contributed by atoms with E-state index < -0.39 is 0 Å². The number of rotatable bonds is 4. The summed E-state index contributed by atoms with van der Waals surface area (Å²) in [5.74, 6) is 2.26. The number of carbonyl (C=O) groups is 1. The van der Waals surface area contributed by atoms with Gasteiger partial charge in [0, 0.05) is 44.5 Å². The minimum Gasteiger partial charge on any atom is -0.497 e. The molecule has 2 aliphatic rings. The van der Waals surface area contributed by atoms with E-state index in [0.29, 0.717) is 37.7 Å². The lowest BCUT2D eigenvalue weighted by Gasteiger charge is -2.34. The molecular formula is C21H25N3O4. The Bertz CT molecular complexity index is 834. The van der Waals surface area contributed by atoms with E-state index in [2.05, 4.69) is 22.3 Å². The molecular weight excluding hydrogens is 358 g/mol. The molecule has 0 saturated carbocycles. The van der Waals surface area contributed by atoms with Crippen LogP contribution < -0.4 is 19.5 Å². The van der Waals surface area contributed by atoms with Crippen LogP contribution in [0.3, 0.4) is 0 Å². The Labute approximate surface area is 164 Å². The van der Waals surface area contributed by atoms with Crippen LogP contribution in [0.2, 0.25) is 0 Å². The molecule has 2 aliphatic heterocycles. The number of piperazine rings is 1. The van der Waals surface area contributed by atoms with E-state index >= 15 is 0 Å². The number of hydrogen-bond acceptors (Lipinski definition) is 5. The number of anilines is 1. The summed E-state index contributed by atoms with van der Waals surface area (Å²) in [6.45, 7) is 5.01. The highest BCUT2D eigenvalue weighted by molar-refractivity contribution is 5.89. The minimum atomic E-state index is -0.0855. The second-order valence-corrected chi connectivity index (χ2v) is 6.90. The van der Waals surface area contributed by atoms with Crippen LogP contribution in [0.15, 0.2) is 42.5 Å². The summed E-state index contributed by atoms with van der Waals surface area (Å²) in [6, 6.07) is 13.5. The lowest BCUT2D eigenvalue weighted by molar-refractivity contribution is 0.143. The molecule has 1 saturated heterocycles. The predicted molar refractivity (Wildman–Crippen MR) is 106 cm³/mol. The average Bonchev–Trinajstić information content (AvgIpc) is 2.74. The average molecular weight is 383 g/mol. The van der Waals surface area contributed by atoms with E-state index in [1.165, 1.54) is 5.56 Å². The van der Waals surface area contributed by atoms with Crippen LogP contribution >= 0.6 is 0 Å². The van der Waals surface area contributed by atoms with Gasteiger partial charge in [0.2, 0.25) is 0 Å². The van der Waals surface area contributed by atoms with Crippen molar-refractivity contribution in [1.82, 2.24) is 9.80 Å². The van der Waals surface area contributed by atoms with Gasteiger partial charge >= 0.3 is 6.03 Å². The molecule has 0 spiro atoms. The number of urea groups is 1. The number of ether oxygens (including phenoxy) is 3. The Morgan fingerprint density at radius 1 is 1.04 bits per heavy atom. The van der Waals surface area contributed by atoms with Gasteiger partial charge < -0.3 is 24.4 Å². The zero-order valence-electron chi connectivity index (χ0n) is 16.0. The molecule has 148 valence electrons. The number of nitrogens with zero attached hydrogens (tertiary/aromatic N) is 2. The van der Waals surface area contributed by atoms with Crippen molar-refractivity contribution < 1.29 is 19.0 Å². The summed E-state index contributed by atoms with van der Waals surface area (Å²) in [6.07, 6.45) is 0. The topological polar surface area (TPSA) is 63.3 Å². The van der Waals surface area contributed by atoms with E-state index in [1.54, 1.807) is 7.11 Å². The number of hydrogen-bond donors (Lipinski definition) is 1. The summed E-state index contributed by atoms with van der Waals surface area (Å²) in [7, 11) is 1.68. The molecule has 7 nitrogen and oxygen atoms in total. The maximum Gasteiger partial charge on any atom is 0.321 e. The van der Waals surface area contributed by atoms with Crippen molar-refractivity contribution in [3.05, 3.63) is 48.0 Å². The highest BCUT2D eigenvalue weighted by Gasteiger charge is 2.22. The van der Waals surface area contributed by atoms with Crippen molar-refractivity contribution in [2.45, 2.75) is 6.54 Å². The highest BCUT2D eigenvalue weighted by Crippen LogP contribution is 2.32. The van der Waals surface area contributed by atoms with Crippen molar-refractivity contribution in [1.29, 1.82) is 0 Å². The summed E-state index contributed by atoms with van der Waals surface area (Å²) in [4.78, 5) is 16.8. The Morgan fingerprint density at radius 3 is 2.61 bits per heavy atom. The van der Waals surface area contributed by atoms with E-state index in [9.17, 15) is 4.79 Å². The second kappa shape index (κ2) is 8.39. The fraction of sp³-hybridized carbons (Fsp3) is 0.381. The molecule has 0 radical (unpaired) electrons. The van der Waals surface area contributed by atoms with Crippen molar-refractivity contribution in [2.24, 2.45) is 0 Å². The molecule has 0 unspecified atom stereocenters. The van der Waals surface area contributed by atoms with Gasteiger partial charge in [0.25, 0.3) is 0 Å². The van der Waals surface area contributed by atoms with E-state index in [4.69, 9.17) is 14.2 Å². The summed E-state index contributed by atoms with van der Waals surface area (Å²) in [5, 5.41) is 2.96. The molecule has 2 amide bonds. The van der Waals surface area contributed by atoms with Crippen LogP contribution in [0, 0.1) is 0 Å². The number of amides is 2. The zero-order chi connectivity index (χ0) is 19.3. The fourth-order valence-corrected chi connectivity index (χ4v) is 3.46. The van der Waals surface area contributed by atoms with Crippen molar-refractivity contribution >= 4 is 11.7 Å². The van der Waals surface area contributed by atoms with Gasteiger partial charge in [0.1, 0.15) is 19.0 Å². The summed E-state index contributed by atoms with van der Waals surface area (Å²) >= 11 is 0. The van der Waals surface area contributed by atoms with E-state index in [0.717, 1.165) is 31.1 Å². The molecule has 2 heterocycles. The van der Waals surface area contributed by atoms with Gasteiger partial charge in [-0.15, -0.1) is 0 Å². The smallest absolute Gasteiger partial charge is 0.321 e. The maximum atomic E-state index is 12.6. The fourth-order valence-electron chi connectivity index (χ4n) is 3.46. The Hall–Kier alpha value is -2.93. The first kappa shape index (κ1) is 18.4. The van der Waals surface area contributed by atoms with Gasteiger partial charge in [-0.2, -0.15) is 0 Å². The van der Waals surface area contributed by atoms with Crippen molar-refractivity contribution in [3.63, 3.8) is 0 Å². The zero-order valence-corrected chi connectivity index (χ0v) is 16.0. The van der Waals surface area contributed by atoms with Crippen LogP contribution in [-0.2, 0) is 6.54 Å². The first-order valence-electron chi connectivity index (χ1n) is 9.52. The van der Waals surface area contributed by atoms with Crippen LogP contribution in [0.4, 0.5) is 10.5 Å². The van der Waals surface area contributed by atoms with Gasteiger partial charge in [-0.1, -0.05) is 12.1 Å². The normalized spacial score (nSPS) is 16.5. The quantitative estimate of drug-likeness (QED) is 0.880. The van der Waals surface area contributed by atoms with Crippen LogP contribution in [0.1, 0.15) is 5.56 Å². The molecule has 0 aromatic heterocycles. The monoisotopic (exact) mass is 383 g/mol. The van der Waals surface area contributed by atoms with Gasteiger partial charge in [-0.3, -0.25) is 4.90 Å². The Morgan fingerprint density at radius 2 is 1.82 bits per heavy atom. The molecule has 0 bridgehead atoms. The van der Waals surface area contributed by atoms with E-state index in [-0.39, 0.29) is 6.03 Å². The third kappa shape index (κ3) is 4.31. The lowest BCUT2D eigenvalue weighted by atomic mass is 10.2. The third-order valence-electron chi connectivity index (χ3n) is 4.99. The molecule has 28 heavy (non-hydrogen) atoms. The van der Waals surface area contributed by atoms with E-state index in [1.807, 2.05) is 35.2 Å². The highest BCUT2D eigenvalue weighted by atomic mass is 16.6. The SMILES string of the molecule is COc1cccc(CN2CCN(C(=O)Nc3ccc4c(c3)OCCO4)CC2)c1. The van der Waals surface area contributed by atoms with Crippen molar-refractivity contribution in [2.75, 3.05) is 51.8 Å². The molecule has 0 aliphatic carbocycles. The molecule has 2 aromatic rings. The Balaban J connectivity index is 1.29. The van der Waals surface area contributed by atoms with Gasteiger partial charge in [0.05, 0.1) is 7.11 Å². The summed E-state index contributed by atoms with van der Waals surface area (Å²) < 4.78 is 16.4. The van der Waals surface area contributed by atoms with Crippen LogP contribution in [-0.4, -0.2) is 62.3 Å². The third-order valence-corrected chi connectivity index (χ3v) is 4.99. The Kier molecular flexibility index (Phi) is 5.53. The first-order chi connectivity index (χ1) is 13.7. The molecule has 4 rings (SSSR count). The first-order valence-corrected chi connectivity index (χ1v) is 9.52. The molecule has 1 fully saturated rings. The maximum absolute atomic E-state index is 12.6. The lowest BCUT2D eigenvalue weighted by Crippen LogP contribution is -2.49. The number of methoxy groups -OCH3 is 1. The molecule has 7 heteroatoms. The number of fused-ring (bicyclic) bond motifs is 1. The number of benzene rings is 2. The van der Waals surface area contributed by atoms with Gasteiger partial charge in [-0.05, 0) is 29.8 Å². The van der Waals surface area contributed by atoms with Gasteiger partial charge in [0.15, 0.2) is 11.5 Å². The standard InChI is InChI=1S/C21H25N3O4/c1-26-18-4-2-3-16(13-18)15-23-7-9-24(10-8-23)21(25)22-17-5-6-19-20(14-17)28-12-11-27-19/h2-6,13-14H,7-12,15H2,1H3,(H,22,25). The largest absolute Gasteiger partial charge is 0.497 e. The van der Waals surface area contributed by atoms with Gasteiger partial charge in [-0.25, -0.2) is 4.79 Å². The second-order valence-electron chi connectivity index (χ2n) is 6.90. The molecule has 1 N–H and O–H groups in total. The summed E-state index contributed by atoms with van der Waals surface area (Å²) in [5.41, 5.74) is 1.93. The number of carbonyl (C=O) groups excluding carboxylic acids is 1. The molecule has 2 aromatic carbocycles. The van der Waals surface area contributed by atoms with Crippen molar-refractivity contribution in [3.8, 4) is 17.2 Å². The van der Waals surface area contributed by atoms with Crippen LogP contribution in [0.5, 0.6) is 17.2 Å². The predicted octanol–water partition coefficient (Wildman–Crippen LogP) is 2.82. The number of nitrogens with one attached hydrogen (secondary N) is 1. The van der Waals surface area contributed by atoms with Crippen LogP contribution in [0.25, 0.3) is 0 Å². The molecule has 0 atom stereocenters.